The van der Waals surface area contributed by atoms with Gasteiger partial charge in [-0.2, -0.15) is 0 Å². The van der Waals surface area contributed by atoms with Crippen LogP contribution in [-0.4, -0.2) is 28.1 Å². The van der Waals surface area contributed by atoms with E-state index in [1.54, 1.807) is 11.8 Å². The van der Waals surface area contributed by atoms with Crippen LogP contribution >= 0.6 is 34.9 Å². The van der Waals surface area contributed by atoms with Crippen LogP contribution in [0.1, 0.15) is 42.5 Å². The van der Waals surface area contributed by atoms with Gasteiger partial charge in [0.15, 0.2) is 8.68 Å². The van der Waals surface area contributed by atoms with Crippen LogP contribution < -0.4 is 5.32 Å². The molecule has 3 rings (SSSR count). The monoisotopic (exact) mass is 379 g/mol. The van der Waals surface area contributed by atoms with Crippen LogP contribution in [0.5, 0.6) is 0 Å². The molecular formula is C17H21N3OS3. The number of benzene rings is 1. The van der Waals surface area contributed by atoms with E-state index in [1.165, 1.54) is 59.1 Å². The summed E-state index contributed by atoms with van der Waals surface area (Å²) in [7, 11) is 0. The van der Waals surface area contributed by atoms with Gasteiger partial charge in [0.05, 0.1) is 11.8 Å². The predicted octanol–water partition coefficient (Wildman–Crippen LogP) is 4.11. The Bertz CT molecular complexity index is 717. The van der Waals surface area contributed by atoms with Gasteiger partial charge in [-0.05, 0) is 55.6 Å². The molecule has 1 unspecified atom stereocenters. The highest BCUT2D eigenvalue weighted by Gasteiger charge is 2.15. The molecule has 1 heterocycles. The minimum atomic E-state index is 0.0292. The molecule has 1 amide bonds. The average molecular weight is 380 g/mol. The summed E-state index contributed by atoms with van der Waals surface area (Å²) in [6, 6.07) is 6.67. The van der Waals surface area contributed by atoms with E-state index >= 15 is 0 Å². The summed E-state index contributed by atoms with van der Waals surface area (Å²) in [5.41, 5.74) is 4.11. The molecule has 1 aromatic heterocycles. The molecule has 0 bridgehead atoms. The Kier molecular flexibility index (Phi) is 6.19. The Balaban J connectivity index is 1.53. The third-order valence-electron chi connectivity index (χ3n) is 4.14. The Hall–Kier alpha value is -1.05. The zero-order chi connectivity index (χ0) is 16.9. The number of carbonyl (C=O) groups is 1. The van der Waals surface area contributed by atoms with Gasteiger partial charge < -0.3 is 5.32 Å². The van der Waals surface area contributed by atoms with Crippen molar-refractivity contribution in [1.82, 2.24) is 15.5 Å². The zero-order valence-corrected chi connectivity index (χ0v) is 16.3. The summed E-state index contributed by atoms with van der Waals surface area (Å²) >= 11 is 4.55. The quantitative estimate of drug-likeness (QED) is 0.766. The molecule has 24 heavy (non-hydrogen) atoms. The van der Waals surface area contributed by atoms with Crippen molar-refractivity contribution in [3.63, 3.8) is 0 Å². The Morgan fingerprint density at radius 1 is 1.25 bits per heavy atom. The number of nitrogens with zero attached hydrogens (tertiary/aromatic N) is 2. The summed E-state index contributed by atoms with van der Waals surface area (Å²) in [4.78, 5) is 12.2. The first-order valence-electron chi connectivity index (χ1n) is 8.07. The number of aryl methyl sites for hydroxylation is 2. The second-order valence-electron chi connectivity index (χ2n) is 5.85. The number of thioether (sulfide) groups is 2. The summed E-state index contributed by atoms with van der Waals surface area (Å²) in [5, 5.41) is 11.2. The number of hydrogen-bond donors (Lipinski definition) is 1. The lowest BCUT2D eigenvalue weighted by Crippen LogP contribution is -2.28. The SMILES string of the molecule is CSc1nnc(SCC(=O)NC(C)c2ccc3c(c2)CCCC3)s1. The molecule has 0 aliphatic heterocycles. The molecule has 0 saturated heterocycles. The van der Waals surface area contributed by atoms with E-state index in [1.807, 2.05) is 13.2 Å². The van der Waals surface area contributed by atoms with Gasteiger partial charge in [-0.3, -0.25) is 4.79 Å². The maximum absolute atomic E-state index is 12.2. The molecular weight excluding hydrogens is 358 g/mol. The van der Waals surface area contributed by atoms with E-state index < -0.39 is 0 Å². The van der Waals surface area contributed by atoms with Crippen molar-refractivity contribution in [3.8, 4) is 0 Å². The molecule has 0 radical (unpaired) electrons. The van der Waals surface area contributed by atoms with Gasteiger partial charge in [0.1, 0.15) is 0 Å². The topological polar surface area (TPSA) is 54.9 Å². The normalized spacial score (nSPS) is 14.9. The number of aromatic nitrogens is 2. The number of hydrogen-bond acceptors (Lipinski definition) is 6. The van der Waals surface area contributed by atoms with Gasteiger partial charge in [0, 0.05) is 0 Å². The van der Waals surface area contributed by atoms with E-state index in [4.69, 9.17) is 0 Å². The van der Waals surface area contributed by atoms with Crippen molar-refractivity contribution in [2.45, 2.75) is 47.3 Å². The van der Waals surface area contributed by atoms with Gasteiger partial charge >= 0.3 is 0 Å². The first-order chi connectivity index (χ1) is 11.7. The first-order valence-corrected chi connectivity index (χ1v) is 11.1. The highest BCUT2D eigenvalue weighted by atomic mass is 32.2. The molecule has 0 spiro atoms. The summed E-state index contributed by atoms with van der Waals surface area (Å²) in [6.07, 6.45) is 6.89. The van der Waals surface area contributed by atoms with Crippen LogP contribution in [0.15, 0.2) is 26.9 Å². The van der Waals surface area contributed by atoms with E-state index in [2.05, 4.69) is 33.7 Å². The molecule has 0 saturated carbocycles. The molecule has 0 fully saturated rings. The standard InChI is InChI=1S/C17H21N3OS3/c1-11(13-8-7-12-5-3-4-6-14(12)9-13)18-15(21)10-23-17-20-19-16(22-2)24-17/h7-9,11H,3-6,10H2,1-2H3,(H,18,21). The molecule has 1 atom stereocenters. The van der Waals surface area contributed by atoms with Crippen molar-refractivity contribution in [2.75, 3.05) is 12.0 Å². The summed E-state index contributed by atoms with van der Waals surface area (Å²) in [6.45, 7) is 2.05. The first kappa shape index (κ1) is 17.8. The fraction of sp³-hybridized carbons (Fsp3) is 0.471. The smallest absolute Gasteiger partial charge is 0.230 e. The van der Waals surface area contributed by atoms with Gasteiger partial charge in [-0.25, -0.2) is 0 Å². The minimum Gasteiger partial charge on any atom is -0.349 e. The molecule has 1 aliphatic carbocycles. The summed E-state index contributed by atoms with van der Waals surface area (Å²) in [5.74, 6) is 0.407. The van der Waals surface area contributed by atoms with Gasteiger partial charge in [0.25, 0.3) is 0 Å². The van der Waals surface area contributed by atoms with Gasteiger partial charge in [0.2, 0.25) is 5.91 Å². The van der Waals surface area contributed by atoms with Crippen molar-refractivity contribution < 1.29 is 4.79 Å². The molecule has 1 N–H and O–H groups in total. The molecule has 4 nitrogen and oxygen atoms in total. The second kappa shape index (κ2) is 8.36. The highest BCUT2D eigenvalue weighted by molar-refractivity contribution is 8.03. The fourth-order valence-electron chi connectivity index (χ4n) is 2.85. The maximum atomic E-state index is 12.2. The molecule has 7 heteroatoms. The lowest BCUT2D eigenvalue weighted by molar-refractivity contribution is -0.119. The molecule has 1 aliphatic rings. The van der Waals surface area contributed by atoms with E-state index in [0.29, 0.717) is 5.75 Å². The number of nitrogens with one attached hydrogen (secondary N) is 1. The predicted molar refractivity (Wildman–Crippen MR) is 102 cm³/mol. The average Bonchev–Trinajstić information content (AvgIpc) is 3.07. The zero-order valence-electron chi connectivity index (χ0n) is 13.9. The minimum absolute atomic E-state index is 0.0292. The third kappa shape index (κ3) is 4.52. The van der Waals surface area contributed by atoms with Crippen molar-refractivity contribution in [1.29, 1.82) is 0 Å². The van der Waals surface area contributed by atoms with Gasteiger partial charge in [-0.1, -0.05) is 53.1 Å². The van der Waals surface area contributed by atoms with Crippen LogP contribution in [0.3, 0.4) is 0 Å². The molecule has 1 aromatic carbocycles. The Morgan fingerprint density at radius 3 is 2.75 bits per heavy atom. The number of amides is 1. The second-order valence-corrected chi connectivity index (χ2v) is 9.10. The van der Waals surface area contributed by atoms with E-state index in [0.717, 1.165) is 15.1 Å². The molecule has 128 valence electrons. The third-order valence-corrected chi connectivity index (χ3v) is 7.17. The lowest BCUT2D eigenvalue weighted by Gasteiger charge is -2.20. The van der Waals surface area contributed by atoms with E-state index in [-0.39, 0.29) is 11.9 Å². The van der Waals surface area contributed by atoms with Crippen LogP contribution in [0.4, 0.5) is 0 Å². The maximum Gasteiger partial charge on any atom is 0.230 e. The number of fused-ring (bicyclic) bond motifs is 1. The van der Waals surface area contributed by atoms with E-state index in [9.17, 15) is 4.79 Å². The Morgan fingerprint density at radius 2 is 2.00 bits per heavy atom. The van der Waals surface area contributed by atoms with Crippen LogP contribution in [0, 0.1) is 0 Å². The summed E-state index contributed by atoms with van der Waals surface area (Å²) < 4.78 is 1.77. The van der Waals surface area contributed by atoms with Crippen LogP contribution in [0.2, 0.25) is 0 Å². The highest BCUT2D eigenvalue weighted by Crippen LogP contribution is 2.28. The van der Waals surface area contributed by atoms with Crippen molar-refractivity contribution >= 4 is 40.8 Å². The lowest BCUT2D eigenvalue weighted by atomic mass is 9.89. The van der Waals surface area contributed by atoms with Crippen molar-refractivity contribution in [3.05, 3.63) is 34.9 Å². The number of rotatable bonds is 6. The Labute approximate surface area is 155 Å². The molecule has 2 aromatic rings. The van der Waals surface area contributed by atoms with Crippen LogP contribution in [0.25, 0.3) is 0 Å². The number of carbonyl (C=O) groups excluding carboxylic acids is 1. The van der Waals surface area contributed by atoms with Crippen molar-refractivity contribution in [2.24, 2.45) is 0 Å². The van der Waals surface area contributed by atoms with Gasteiger partial charge in [-0.15, -0.1) is 10.2 Å². The fourth-order valence-corrected chi connectivity index (χ4v) is 5.10. The largest absolute Gasteiger partial charge is 0.349 e. The van der Waals surface area contributed by atoms with Crippen LogP contribution in [-0.2, 0) is 17.6 Å².